The van der Waals surface area contributed by atoms with Gasteiger partial charge in [0.05, 0.1) is 6.61 Å². The number of piperazine rings is 1. The van der Waals surface area contributed by atoms with E-state index in [1.54, 1.807) is 28.9 Å². The molecule has 0 radical (unpaired) electrons. The van der Waals surface area contributed by atoms with Crippen molar-refractivity contribution >= 4 is 23.5 Å². The number of aryl methyl sites for hydroxylation is 2. The van der Waals surface area contributed by atoms with Crippen LogP contribution in [0.15, 0.2) is 42.5 Å². The number of rotatable bonds is 6. The second-order valence-corrected chi connectivity index (χ2v) is 8.91. The summed E-state index contributed by atoms with van der Waals surface area (Å²) in [6, 6.07) is 13.7. The van der Waals surface area contributed by atoms with Gasteiger partial charge in [-0.1, -0.05) is 35.9 Å². The fourth-order valence-corrected chi connectivity index (χ4v) is 4.23. The predicted molar refractivity (Wildman–Crippen MR) is 130 cm³/mol. The van der Waals surface area contributed by atoms with E-state index in [2.05, 4.69) is 40.5 Å². The van der Waals surface area contributed by atoms with Crippen LogP contribution in [0.4, 0.5) is 4.79 Å². The molecule has 1 saturated heterocycles. The Bertz CT molecular complexity index is 1150. The number of carbonyl (C=O) groups excluding carboxylic acids is 2. The van der Waals surface area contributed by atoms with Gasteiger partial charge in [0.25, 0.3) is 11.1 Å². The van der Waals surface area contributed by atoms with Gasteiger partial charge in [-0.05, 0) is 44.0 Å². The zero-order valence-corrected chi connectivity index (χ0v) is 20.4. The van der Waals surface area contributed by atoms with E-state index >= 15 is 0 Å². The first-order valence-corrected chi connectivity index (χ1v) is 12.1. The molecular formula is C25H28N4O4S. The second kappa shape index (κ2) is 10.6. The van der Waals surface area contributed by atoms with E-state index in [0.29, 0.717) is 61.5 Å². The second-order valence-electron chi connectivity index (χ2n) is 8.20. The van der Waals surface area contributed by atoms with Crippen LogP contribution in [0.3, 0.4) is 0 Å². The molecule has 3 aromatic rings. The van der Waals surface area contributed by atoms with Crippen LogP contribution in [0.5, 0.6) is 10.9 Å². The Morgan fingerprint density at radius 2 is 1.71 bits per heavy atom. The van der Waals surface area contributed by atoms with Crippen molar-refractivity contribution in [2.45, 2.75) is 27.2 Å². The molecule has 1 aliphatic rings. The van der Waals surface area contributed by atoms with Crippen molar-refractivity contribution in [3.8, 4) is 10.9 Å². The van der Waals surface area contributed by atoms with Crippen molar-refractivity contribution in [3.63, 3.8) is 0 Å². The molecule has 0 unspecified atom stereocenters. The van der Waals surface area contributed by atoms with Crippen LogP contribution in [0.2, 0.25) is 0 Å². The molecule has 0 bridgehead atoms. The maximum absolute atomic E-state index is 13.1. The van der Waals surface area contributed by atoms with Gasteiger partial charge in [0.15, 0.2) is 5.82 Å². The van der Waals surface area contributed by atoms with E-state index in [0.717, 1.165) is 11.1 Å². The first-order chi connectivity index (χ1) is 16.4. The normalized spacial score (nSPS) is 13.6. The van der Waals surface area contributed by atoms with Crippen LogP contribution in [-0.2, 0) is 11.2 Å². The van der Waals surface area contributed by atoms with Gasteiger partial charge in [0.1, 0.15) is 5.75 Å². The van der Waals surface area contributed by atoms with Gasteiger partial charge in [0.2, 0.25) is 0 Å². The van der Waals surface area contributed by atoms with E-state index in [4.69, 9.17) is 9.47 Å². The van der Waals surface area contributed by atoms with Crippen LogP contribution < -0.4 is 4.74 Å². The largest absolute Gasteiger partial charge is 0.450 e. The molecule has 2 amide bonds. The Hall–Kier alpha value is -3.46. The van der Waals surface area contributed by atoms with Crippen molar-refractivity contribution in [2.24, 2.45) is 0 Å². The lowest BCUT2D eigenvalue weighted by atomic mass is 10.1. The molecule has 4 rings (SSSR count). The Kier molecular flexibility index (Phi) is 7.42. The van der Waals surface area contributed by atoms with E-state index in [1.165, 1.54) is 17.1 Å². The van der Waals surface area contributed by atoms with Gasteiger partial charge in [-0.3, -0.25) is 4.79 Å². The van der Waals surface area contributed by atoms with E-state index < -0.39 is 0 Å². The maximum atomic E-state index is 13.1. The number of nitrogens with zero attached hydrogens (tertiary/aromatic N) is 4. The molecule has 0 N–H and O–H groups in total. The lowest BCUT2D eigenvalue weighted by molar-refractivity contribution is 0.0570. The number of amides is 2. The van der Waals surface area contributed by atoms with Gasteiger partial charge in [-0.15, -0.1) is 0 Å². The van der Waals surface area contributed by atoms with Crippen molar-refractivity contribution < 1.29 is 19.1 Å². The van der Waals surface area contributed by atoms with Gasteiger partial charge >= 0.3 is 6.09 Å². The van der Waals surface area contributed by atoms with Crippen molar-refractivity contribution in [1.29, 1.82) is 0 Å². The van der Waals surface area contributed by atoms with E-state index in [9.17, 15) is 9.59 Å². The van der Waals surface area contributed by atoms with Gasteiger partial charge in [-0.2, -0.15) is 9.36 Å². The van der Waals surface area contributed by atoms with Crippen LogP contribution in [0, 0.1) is 13.8 Å². The molecule has 2 aromatic carbocycles. The lowest BCUT2D eigenvalue weighted by Gasteiger charge is -2.34. The summed E-state index contributed by atoms with van der Waals surface area (Å²) in [5.74, 6) is 1.19. The maximum Gasteiger partial charge on any atom is 0.409 e. The third kappa shape index (κ3) is 5.72. The zero-order valence-electron chi connectivity index (χ0n) is 19.6. The highest BCUT2D eigenvalue weighted by molar-refractivity contribution is 7.07. The average Bonchev–Trinajstić information content (AvgIpc) is 3.28. The van der Waals surface area contributed by atoms with E-state index in [1.807, 2.05) is 13.0 Å². The molecule has 178 valence electrons. The molecular weight excluding hydrogens is 452 g/mol. The number of aromatic nitrogens is 2. The van der Waals surface area contributed by atoms with Gasteiger partial charge in [0, 0.05) is 49.7 Å². The summed E-state index contributed by atoms with van der Waals surface area (Å²) in [4.78, 5) is 32.8. The number of hydrogen-bond donors (Lipinski definition) is 0. The van der Waals surface area contributed by atoms with Crippen LogP contribution >= 0.6 is 11.5 Å². The minimum atomic E-state index is -0.334. The van der Waals surface area contributed by atoms with Crippen molar-refractivity contribution in [2.75, 3.05) is 32.8 Å². The molecule has 0 spiro atoms. The first kappa shape index (κ1) is 23.7. The Morgan fingerprint density at radius 3 is 2.41 bits per heavy atom. The monoisotopic (exact) mass is 480 g/mol. The first-order valence-electron chi connectivity index (χ1n) is 11.3. The van der Waals surface area contributed by atoms with Gasteiger partial charge < -0.3 is 19.3 Å². The minimum absolute atomic E-state index is 0.0920. The molecule has 1 aromatic heterocycles. The summed E-state index contributed by atoms with van der Waals surface area (Å²) in [7, 11) is 0. The Labute approximate surface area is 203 Å². The summed E-state index contributed by atoms with van der Waals surface area (Å²) in [5.41, 5.74) is 3.79. The van der Waals surface area contributed by atoms with Gasteiger partial charge in [-0.25, -0.2) is 4.79 Å². The SMILES string of the molecule is CCOC(=O)N1CCN(C(=O)c2ccc(C)c(Oc3nc(Cc4ccc(C)cc4)ns3)c2)CC1. The molecule has 1 aliphatic heterocycles. The average molecular weight is 481 g/mol. The fraction of sp³-hybridized carbons (Fsp3) is 0.360. The highest BCUT2D eigenvalue weighted by atomic mass is 32.1. The minimum Gasteiger partial charge on any atom is -0.450 e. The quantitative estimate of drug-likeness (QED) is 0.518. The van der Waals surface area contributed by atoms with E-state index in [-0.39, 0.29) is 12.0 Å². The molecule has 0 saturated carbocycles. The fourth-order valence-electron chi connectivity index (χ4n) is 3.67. The predicted octanol–water partition coefficient (Wildman–Crippen LogP) is 4.45. The number of ether oxygens (including phenoxy) is 2. The van der Waals surface area contributed by atoms with Crippen molar-refractivity contribution in [1.82, 2.24) is 19.2 Å². The Balaban J connectivity index is 1.40. The summed E-state index contributed by atoms with van der Waals surface area (Å²) in [6.45, 7) is 7.93. The molecule has 34 heavy (non-hydrogen) atoms. The summed E-state index contributed by atoms with van der Waals surface area (Å²) >= 11 is 1.20. The molecule has 9 heteroatoms. The topological polar surface area (TPSA) is 84.9 Å². The molecule has 8 nitrogen and oxygen atoms in total. The van der Waals surface area contributed by atoms with Crippen LogP contribution in [-0.4, -0.2) is 63.9 Å². The molecule has 0 aliphatic carbocycles. The highest BCUT2D eigenvalue weighted by Crippen LogP contribution is 2.28. The van der Waals surface area contributed by atoms with Crippen molar-refractivity contribution in [3.05, 3.63) is 70.5 Å². The molecule has 1 fully saturated rings. The van der Waals surface area contributed by atoms with Crippen LogP contribution in [0.25, 0.3) is 0 Å². The highest BCUT2D eigenvalue weighted by Gasteiger charge is 2.26. The summed E-state index contributed by atoms with van der Waals surface area (Å²) < 4.78 is 15.5. The standard InChI is InChI=1S/C25H28N4O4S/c1-4-32-25(31)29-13-11-28(12-14-29)23(30)20-10-7-18(3)21(16-20)33-24-26-22(27-34-24)15-19-8-5-17(2)6-9-19/h5-10,16H,4,11-15H2,1-3H3. The number of hydrogen-bond acceptors (Lipinski definition) is 7. The lowest BCUT2D eigenvalue weighted by Crippen LogP contribution is -2.50. The number of benzene rings is 2. The Morgan fingerprint density at radius 1 is 1.00 bits per heavy atom. The third-order valence-electron chi connectivity index (χ3n) is 5.66. The van der Waals surface area contributed by atoms with Crippen LogP contribution in [0.1, 0.15) is 39.8 Å². The smallest absolute Gasteiger partial charge is 0.409 e. The molecule has 2 heterocycles. The number of carbonyl (C=O) groups is 2. The third-order valence-corrected chi connectivity index (χ3v) is 6.29. The molecule has 0 atom stereocenters. The zero-order chi connectivity index (χ0) is 24.1. The summed E-state index contributed by atoms with van der Waals surface area (Å²) in [6.07, 6.45) is 0.300. The summed E-state index contributed by atoms with van der Waals surface area (Å²) in [5, 5.41) is 0.442.